The van der Waals surface area contributed by atoms with Gasteiger partial charge in [0.2, 0.25) is 0 Å². The Morgan fingerprint density at radius 1 is 0.714 bits per heavy atom. The lowest BCUT2D eigenvalue weighted by Gasteiger charge is -2.39. The van der Waals surface area contributed by atoms with E-state index in [1.165, 1.54) is 74.8 Å². The van der Waals surface area contributed by atoms with Crippen LogP contribution in [0.3, 0.4) is 0 Å². The van der Waals surface area contributed by atoms with Crippen molar-refractivity contribution >= 4 is 0 Å². The average molecular weight is 293 g/mol. The Hall–Kier alpha value is -0.860. The summed E-state index contributed by atoms with van der Waals surface area (Å²) in [6, 6.07) is 11.1. The van der Waals surface area contributed by atoms with Crippen LogP contribution in [0, 0.1) is 0 Å². The van der Waals surface area contributed by atoms with Crippen LogP contribution in [0.1, 0.15) is 64.9 Å². The first kappa shape index (κ1) is 20.1. The number of hydrogen-bond donors (Lipinski definition) is 0. The van der Waals surface area contributed by atoms with Gasteiger partial charge in [-0.2, -0.15) is 0 Å². The van der Waals surface area contributed by atoms with Crippen molar-refractivity contribution in [2.75, 3.05) is 19.6 Å². The molecule has 0 atom stereocenters. The summed E-state index contributed by atoms with van der Waals surface area (Å²) >= 11 is 0. The van der Waals surface area contributed by atoms with Crippen LogP contribution in [0.4, 0.5) is 0 Å². The molecule has 0 bridgehead atoms. The van der Waals surface area contributed by atoms with Crippen LogP contribution in [0.2, 0.25) is 0 Å². The fourth-order valence-electron chi connectivity index (χ4n) is 3.02. The second kappa shape index (κ2) is 11.8. The van der Waals surface area contributed by atoms with E-state index in [0.29, 0.717) is 0 Å². The lowest BCUT2D eigenvalue weighted by atomic mass is 10.1. The largest absolute Gasteiger partial charge is 0.870 e. The van der Waals surface area contributed by atoms with Crippen molar-refractivity contribution in [3.8, 4) is 0 Å². The van der Waals surface area contributed by atoms with E-state index in [1.807, 2.05) is 0 Å². The van der Waals surface area contributed by atoms with Crippen LogP contribution in [-0.4, -0.2) is 29.6 Å². The van der Waals surface area contributed by atoms with Crippen LogP contribution >= 0.6 is 0 Å². The van der Waals surface area contributed by atoms with Gasteiger partial charge in [-0.3, -0.25) is 0 Å². The SMILES string of the molecule is CCCC[N+](CCCC)(CCCC)Cc1ccccc1.[OH-]. The van der Waals surface area contributed by atoms with E-state index in [9.17, 15) is 0 Å². The van der Waals surface area contributed by atoms with Gasteiger partial charge in [0.1, 0.15) is 6.54 Å². The first-order valence-corrected chi connectivity index (χ1v) is 8.65. The highest BCUT2D eigenvalue weighted by molar-refractivity contribution is 5.13. The summed E-state index contributed by atoms with van der Waals surface area (Å²) in [5.41, 5.74) is 1.51. The Balaban J connectivity index is 0.00000400. The van der Waals surface area contributed by atoms with Crippen molar-refractivity contribution in [3.63, 3.8) is 0 Å². The summed E-state index contributed by atoms with van der Waals surface area (Å²) in [7, 11) is 0. The summed E-state index contributed by atoms with van der Waals surface area (Å²) in [5.74, 6) is 0. The third-order valence-corrected chi connectivity index (χ3v) is 4.32. The zero-order valence-electron chi connectivity index (χ0n) is 14.4. The molecule has 0 aliphatic heterocycles. The van der Waals surface area contributed by atoms with Crippen molar-refractivity contribution in [2.24, 2.45) is 0 Å². The zero-order chi connectivity index (χ0) is 14.7. The zero-order valence-corrected chi connectivity index (χ0v) is 14.4. The number of hydrogen-bond acceptors (Lipinski definition) is 1. The van der Waals surface area contributed by atoms with Gasteiger partial charge in [0.05, 0.1) is 19.6 Å². The van der Waals surface area contributed by atoms with Gasteiger partial charge in [-0.15, -0.1) is 0 Å². The molecule has 0 aliphatic rings. The standard InChI is InChI=1S/C19H34N.H2O/c1-4-7-15-20(16-8-5-2,17-9-6-3)18-19-13-11-10-12-14-19;/h10-14H,4-9,15-18H2,1-3H3;1H2/q+1;/p-1. The predicted octanol–water partition coefficient (Wildman–Crippen LogP) is 5.23. The fourth-order valence-corrected chi connectivity index (χ4v) is 3.02. The first-order valence-electron chi connectivity index (χ1n) is 8.65. The van der Waals surface area contributed by atoms with Gasteiger partial charge in [-0.25, -0.2) is 0 Å². The van der Waals surface area contributed by atoms with E-state index in [0.717, 1.165) is 0 Å². The fraction of sp³-hybridized carbons (Fsp3) is 0.684. The Morgan fingerprint density at radius 2 is 1.14 bits per heavy atom. The molecule has 0 saturated carbocycles. The molecule has 0 fully saturated rings. The average Bonchev–Trinajstić information content (AvgIpc) is 2.49. The summed E-state index contributed by atoms with van der Waals surface area (Å²) in [6.07, 6.45) is 8.02. The molecular weight excluding hydrogens is 258 g/mol. The molecule has 1 aromatic carbocycles. The van der Waals surface area contributed by atoms with Gasteiger partial charge in [0, 0.05) is 5.56 Å². The third kappa shape index (κ3) is 7.63. The molecule has 0 aromatic heterocycles. The Morgan fingerprint density at radius 3 is 1.52 bits per heavy atom. The van der Waals surface area contributed by atoms with E-state index >= 15 is 0 Å². The quantitative estimate of drug-likeness (QED) is 0.514. The highest BCUT2D eigenvalue weighted by atomic mass is 16.0. The Bertz CT molecular complexity index is 315. The smallest absolute Gasteiger partial charge is 0.104 e. The molecule has 0 aliphatic carbocycles. The van der Waals surface area contributed by atoms with Gasteiger partial charge < -0.3 is 9.96 Å². The topological polar surface area (TPSA) is 30.0 Å². The normalized spacial score (nSPS) is 11.2. The summed E-state index contributed by atoms with van der Waals surface area (Å²) < 4.78 is 1.31. The van der Waals surface area contributed by atoms with E-state index < -0.39 is 0 Å². The lowest BCUT2D eigenvalue weighted by Crippen LogP contribution is -2.49. The Labute approximate surface area is 132 Å². The lowest BCUT2D eigenvalue weighted by molar-refractivity contribution is -0.941. The van der Waals surface area contributed by atoms with Crippen molar-refractivity contribution in [2.45, 2.75) is 65.8 Å². The molecule has 1 aromatic rings. The summed E-state index contributed by atoms with van der Waals surface area (Å²) in [5, 5.41) is 0. The molecule has 0 unspecified atom stereocenters. The first-order chi connectivity index (χ1) is 9.76. The maximum atomic E-state index is 2.32. The molecule has 2 heteroatoms. The van der Waals surface area contributed by atoms with Crippen molar-refractivity contribution < 1.29 is 9.96 Å². The molecular formula is C19H35NO. The molecule has 1 rings (SSSR count). The van der Waals surface area contributed by atoms with Crippen molar-refractivity contribution in [1.29, 1.82) is 0 Å². The minimum Gasteiger partial charge on any atom is -0.870 e. The van der Waals surface area contributed by atoms with E-state index in [2.05, 4.69) is 51.1 Å². The molecule has 0 saturated heterocycles. The monoisotopic (exact) mass is 293 g/mol. The van der Waals surface area contributed by atoms with Crippen molar-refractivity contribution in [1.82, 2.24) is 0 Å². The minimum atomic E-state index is 0. The van der Waals surface area contributed by atoms with Crippen molar-refractivity contribution in [3.05, 3.63) is 35.9 Å². The third-order valence-electron chi connectivity index (χ3n) is 4.32. The molecule has 0 amide bonds. The predicted molar refractivity (Wildman–Crippen MR) is 91.7 cm³/mol. The Kier molecular flexibility index (Phi) is 11.3. The molecule has 0 heterocycles. The van der Waals surface area contributed by atoms with E-state index in [1.54, 1.807) is 0 Å². The maximum Gasteiger partial charge on any atom is 0.104 e. The number of quaternary nitrogens is 1. The molecule has 1 N–H and O–H groups in total. The second-order valence-corrected chi connectivity index (χ2v) is 6.22. The minimum absolute atomic E-state index is 0. The van der Waals surface area contributed by atoms with E-state index in [-0.39, 0.29) is 5.48 Å². The van der Waals surface area contributed by atoms with Gasteiger partial charge >= 0.3 is 0 Å². The molecule has 0 spiro atoms. The number of nitrogens with zero attached hydrogens (tertiary/aromatic N) is 1. The second-order valence-electron chi connectivity index (χ2n) is 6.22. The molecule has 0 radical (unpaired) electrons. The number of rotatable bonds is 11. The molecule has 2 nitrogen and oxygen atoms in total. The van der Waals surface area contributed by atoms with Gasteiger partial charge in [-0.05, 0) is 19.3 Å². The van der Waals surface area contributed by atoms with Gasteiger partial charge in [0.25, 0.3) is 0 Å². The van der Waals surface area contributed by atoms with Crippen LogP contribution in [0.25, 0.3) is 0 Å². The van der Waals surface area contributed by atoms with Crippen LogP contribution in [-0.2, 0) is 6.54 Å². The van der Waals surface area contributed by atoms with Gasteiger partial charge in [0.15, 0.2) is 0 Å². The number of benzene rings is 1. The van der Waals surface area contributed by atoms with Crippen LogP contribution in [0.15, 0.2) is 30.3 Å². The van der Waals surface area contributed by atoms with Crippen LogP contribution in [0.5, 0.6) is 0 Å². The highest BCUT2D eigenvalue weighted by Gasteiger charge is 2.25. The number of unbranched alkanes of at least 4 members (excludes halogenated alkanes) is 3. The summed E-state index contributed by atoms with van der Waals surface area (Å²) in [4.78, 5) is 0. The highest BCUT2D eigenvalue weighted by Crippen LogP contribution is 2.19. The van der Waals surface area contributed by atoms with Crippen LogP contribution < -0.4 is 0 Å². The molecule has 21 heavy (non-hydrogen) atoms. The van der Waals surface area contributed by atoms with E-state index in [4.69, 9.17) is 0 Å². The maximum absolute atomic E-state index is 2.32. The summed E-state index contributed by atoms with van der Waals surface area (Å²) in [6.45, 7) is 12.2. The van der Waals surface area contributed by atoms with Gasteiger partial charge in [-0.1, -0.05) is 70.4 Å². The molecule has 122 valence electrons.